The van der Waals surface area contributed by atoms with Crippen LogP contribution in [0.4, 0.5) is 0 Å². The van der Waals surface area contributed by atoms with Crippen LogP contribution in [0.3, 0.4) is 0 Å². The zero-order chi connectivity index (χ0) is 20.2. The van der Waals surface area contributed by atoms with E-state index in [4.69, 9.17) is 8.92 Å². The van der Waals surface area contributed by atoms with Gasteiger partial charge in [-0.2, -0.15) is 8.42 Å². The molecule has 0 saturated carbocycles. The van der Waals surface area contributed by atoms with E-state index in [2.05, 4.69) is 6.58 Å². The summed E-state index contributed by atoms with van der Waals surface area (Å²) in [5, 5.41) is 10.2. The van der Waals surface area contributed by atoms with Crippen LogP contribution in [0.15, 0.2) is 47.9 Å². The molecule has 6 nitrogen and oxygen atoms in total. The maximum Gasteiger partial charge on any atom is 0.300 e. The van der Waals surface area contributed by atoms with Gasteiger partial charge in [0.1, 0.15) is 16.4 Å². The van der Waals surface area contributed by atoms with Crippen LogP contribution in [0.5, 0.6) is 11.5 Å². The predicted molar refractivity (Wildman–Crippen MR) is 103 cm³/mol. The van der Waals surface area contributed by atoms with E-state index in [1.165, 1.54) is 7.11 Å². The van der Waals surface area contributed by atoms with Crippen LogP contribution >= 0.6 is 0 Å². The molecule has 1 unspecified atom stereocenters. The quantitative estimate of drug-likeness (QED) is 0.545. The van der Waals surface area contributed by atoms with E-state index >= 15 is 0 Å². The average Bonchev–Trinajstić information content (AvgIpc) is 2.66. The molecule has 0 heterocycles. The Balaban J connectivity index is 2.54. The molecular formula is C20H22O6S. The number of hydrogen-bond donors (Lipinski definition) is 1. The minimum absolute atomic E-state index is 0.102. The van der Waals surface area contributed by atoms with Crippen molar-refractivity contribution in [2.24, 2.45) is 0 Å². The molecule has 0 saturated heterocycles. The third kappa shape index (κ3) is 4.56. The molecule has 1 atom stereocenters. The van der Waals surface area contributed by atoms with E-state index in [0.717, 1.165) is 17.7 Å². The van der Waals surface area contributed by atoms with Crippen molar-refractivity contribution in [3.63, 3.8) is 0 Å². The second-order valence-electron chi connectivity index (χ2n) is 5.94. The van der Waals surface area contributed by atoms with Crippen molar-refractivity contribution < 1.29 is 27.2 Å². The molecule has 7 heteroatoms. The number of aromatic hydroxyl groups is 1. The van der Waals surface area contributed by atoms with E-state index in [-0.39, 0.29) is 22.0 Å². The number of hydrogen-bond acceptors (Lipinski definition) is 6. The van der Waals surface area contributed by atoms with Crippen LogP contribution < -0.4 is 4.74 Å². The molecule has 0 spiro atoms. The molecule has 2 aromatic carbocycles. The summed E-state index contributed by atoms with van der Waals surface area (Å²) in [5.41, 5.74) is 0.969. The number of methoxy groups -OCH3 is 1. The molecule has 0 aliphatic carbocycles. The Kier molecular flexibility index (Phi) is 6.41. The van der Waals surface area contributed by atoms with Gasteiger partial charge >= 0.3 is 10.1 Å². The normalized spacial score (nSPS) is 12.4. The summed E-state index contributed by atoms with van der Waals surface area (Å²) in [7, 11) is -2.91. The third-order valence-corrected chi connectivity index (χ3v) is 5.51. The Morgan fingerprint density at radius 2 is 1.89 bits per heavy atom. The van der Waals surface area contributed by atoms with Gasteiger partial charge in [-0.3, -0.25) is 8.98 Å². The Labute approximate surface area is 159 Å². The van der Waals surface area contributed by atoms with E-state index in [1.807, 2.05) is 0 Å². The van der Waals surface area contributed by atoms with Crippen molar-refractivity contribution in [3.8, 4) is 11.5 Å². The lowest BCUT2D eigenvalue weighted by Gasteiger charge is -2.15. The lowest BCUT2D eigenvalue weighted by molar-refractivity contribution is 0.103. The van der Waals surface area contributed by atoms with Gasteiger partial charge < -0.3 is 9.84 Å². The second-order valence-corrected chi connectivity index (χ2v) is 7.49. The highest BCUT2D eigenvalue weighted by molar-refractivity contribution is 7.86. The number of ketones is 1. The summed E-state index contributed by atoms with van der Waals surface area (Å²) in [5.74, 6) is -1.01. The van der Waals surface area contributed by atoms with Crippen molar-refractivity contribution in [1.82, 2.24) is 0 Å². The molecule has 2 aromatic rings. The molecule has 0 aliphatic rings. The first kappa shape index (κ1) is 20.7. The van der Waals surface area contributed by atoms with Crippen molar-refractivity contribution >= 4 is 22.0 Å². The lowest BCUT2D eigenvalue weighted by Crippen LogP contribution is -2.16. The maximum absolute atomic E-state index is 12.8. The van der Waals surface area contributed by atoms with Gasteiger partial charge in [-0.25, -0.2) is 0 Å². The van der Waals surface area contributed by atoms with Gasteiger partial charge in [0.15, 0.2) is 5.78 Å². The minimum atomic E-state index is -4.18. The van der Waals surface area contributed by atoms with Crippen LogP contribution in [0, 0.1) is 0 Å². The summed E-state index contributed by atoms with van der Waals surface area (Å²) in [6.45, 7) is 7.06. The van der Waals surface area contributed by atoms with Crippen molar-refractivity contribution in [3.05, 3.63) is 59.7 Å². The van der Waals surface area contributed by atoms with Gasteiger partial charge in [-0.15, -0.1) is 0 Å². The molecule has 1 N–H and O–H groups in total. The van der Waals surface area contributed by atoms with Crippen molar-refractivity contribution in [2.75, 3.05) is 7.11 Å². The SMILES string of the molecule is C=Cc1ccc(C(=O)c2cc(S(=O)(=O)OC(C)CC)c(OC)cc2O)cc1. The molecule has 2 rings (SSSR count). The van der Waals surface area contributed by atoms with E-state index in [1.54, 1.807) is 44.2 Å². The number of phenols is 1. The fourth-order valence-corrected chi connectivity index (χ4v) is 3.67. The Bertz CT molecular complexity index is 945. The average molecular weight is 390 g/mol. The molecule has 0 fully saturated rings. The summed E-state index contributed by atoms with van der Waals surface area (Å²) < 4.78 is 35.3. The first-order valence-corrected chi connectivity index (χ1v) is 9.75. The van der Waals surface area contributed by atoms with Gasteiger partial charge in [0.25, 0.3) is 0 Å². The van der Waals surface area contributed by atoms with Gasteiger partial charge in [-0.05, 0) is 25.0 Å². The highest BCUT2D eigenvalue weighted by Crippen LogP contribution is 2.34. The van der Waals surface area contributed by atoms with E-state index in [9.17, 15) is 18.3 Å². The minimum Gasteiger partial charge on any atom is -0.507 e. The number of ether oxygens (including phenoxy) is 1. The van der Waals surface area contributed by atoms with Gasteiger partial charge in [0.2, 0.25) is 0 Å². The lowest BCUT2D eigenvalue weighted by atomic mass is 10.0. The summed E-state index contributed by atoms with van der Waals surface area (Å²) >= 11 is 0. The Hall–Kier alpha value is -2.64. The first-order valence-electron chi connectivity index (χ1n) is 8.35. The highest BCUT2D eigenvalue weighted by atomic mass is 32.2. The van der Waals surface area contributed by atoms with Crippen LogP contribution in [0.2, 0.25) is 0 Å². The summed E-state index contributed by atoms with van der Waals surface area (Å²) in [6, 6.07) is 8.72. The molecule has 0 bridgehead atoms. The first-order chi connectivity index (χ1) is 12.7. The third-order valence-electron chi connectivity index (χ3n) is 4.07. The number of carbonyl (C=O) groups excluding carboxylic acids is 1. The Morgan fingerprint density at radius 1 is 1.26 bits per heavy atom. The largest absolute Gasteiger partial charge is 0.507 e. The van der Waals surface area contributed by atoms with Crippen LogP contribution in [-0.2, 0) is 14.3 Å². The molecule has 0 amide bonds. The smallest absolute Gasteiger partial charge is 0.300 e. The van der Waals surface area contributed by atoms with Crippen LogP contribution in [0.1, 0.15) is 41.8 Å². The summed E-state index contributed by atoms with van der Waals surface area (Å²) in [6.07, 6.45) is 1.58. The van der Waals surface area contributed by atoms with Gasteiger partial charge in [-0.1, -0.05) is 43.8 Å². The van der Waals surface area contributed by atoms with Crippen LogP contribution in [-0.4, -0.2) is 32.5 Å². The molecule has 0 aliphatic heterocycles. The fraction of sp³-hybridized carbons (Fsp3) is 0.250. The van der Waals surface area contributed by atoms with E-state index in [0.29, 0.717) is 12.0 Å². The fourth-order valence-electron chi connectivity index (χ4n) is 2.35. The number of carbonyl (C=O) groups is 1. The van der Waals surface area contributed by atoms with E-state index < -0.39 is 22.0 Å². The topological polar surface area (TPSA) is 89.9 Å². The molecular weight excluding hydrogens is 368 g/mol. The van der Waals surface area contributed by atoms with Gasteiger partial charge in [0, 0.05) is 11.6 Å². The number of phenolic OH excluding ortho intramolecular Hbond substituents is 1. The summed E-state index contributed by atoms with van der Waals surface area (Å²) in [4.78, 5) is 12.5. The molecule has 144 valence electrons. The van der Waals surface area contributed by atoms with Crippen LogP contribution in [0.25, 0.3) is 6.08 Å². The molecule has 0 aromatic heterocycles. The predicted octanol–water partition coefficient (Wildman–Crippen LogP) is 3.78. The number of rotatable bonds is 8. The standard InChI is InChI=1S/C20H22O6S/c1-5-13(3)26-27(23,24)19-11-16(17(21)12-18(19)25-4)20(22)15-9-7-14(6-2)8-10-15/h6-13,21H,2,5H2,1,3-4H3. The molecule has 27 heavy (non-hydrogen) atoms. The zero-order valence-corrected chi connectivity index (χ0v) is 16.2. The van der Waals surface area contributed by atoms with Crippen molar-refractivity contribution in [1.29, 1.82) is 0 Å². The maximum atomic E-state index is 12.8. The van der Waals surface area contributed by atoms with Gasteiger partial charge in [0.05, 0.1) is 18.8 Å². The number of benzene rings is 2. The molecule has 0 radical (unpaired) electrons. The monoisotopic (exact) mass is 390 g/mol. The highest BCUT2D eigenvalue weighted by Gasteiger charge is 2.27. The van der Waals surface area contributed by atoms with Crippen molar-refractivity contribution in [2.45, 2.75) is 31.3 Å². The zero-order valence-electron chi connectivity index (χ0n) is 15.4. The Morgan fingerprint density at radius 3 is 2.41 bits per heavy atom. The second kappa shape index (κ2) is 8.37.